The van der Waals surface area contributed by atoms with Gasteiger partial charge in [-0.1, -0.05) is 19.0 Å². The topological polar surface area (TPSA) is 68.2 Å². The van der Waals surface area contributed by atoms with Gasteiger partial charge in [0.05, 0.1) is 13.1 Å². The summed E-state index contributed by atoms with van der Waals surface area (Å²) in [6, 6.07) is 0. The molecular formula is C13H25ClN4O. The average Bonchev–Trinajstić information content (AvgIpc) is 2.66. The first-order chi connectivity index (χ1) is 8.69. The van der Waals surface area contributed by atoms with Crippen LogP contribution < -0.4 is 5.73 Å². The zero-order chi connectivity index (χ0) is 13.0. The second-order valence-electron chi connectivity index (χ2n) is 5.52. The van der Waals surface area contributed by atoms with Crippen molar-refractivity contribution in [2.24, 2.45) is 17.6 Å². The van der Waals surface area contributed by atoms with Crippen molar-refractivity contribution in [3.05, 3.63) is 11.7 Å². The summed E-state index contributed by atoms with van der Waals surface area (Å²) in [5.74, 6) is 2.94. The van der Waals surface area contributed by atoms with Gasteiger partial charge in [0.25, 0.3) is 0 Å². The van der Waals surface area contributed by atoms with Crippen LogP contribution in [-0.4, -0.2) is 28.1 Å². The van der Waals surface area contributed by atoms with E-state index in [1.165, 1.54) is 19.3 Å². The first-order valence-electron chi connectivity index (χ1n) is 6.93. The molecule has 2 N–H and O–H groups in total. The molecule has 1 unspecified atom stereocenters. The van der Waals surface area contributed by atoms with E-state index in [2.05, 4.69) is 28.9 Å². The van der Waals surface area contributed by atoms with Crippen molar-refractivity contribution in [2.45, 2.75) is 46.2 Å². The van der Waals surface area contributed by atoms with Crippen LogP contribution in [0.2, 0.25) is 0 Å². The first-order valence-corrected chi connectivity index (χ1v) is 6.93. The molecule has 1 aliphatic heterocycles. The van der Waals surface area contributed by atoms with Crippen molar-refractivity contribution in [1.82, 2.24) is 15.0 Å². The number of nitrogens with two attached hydrogens (primary N) is 1. The maximum absolute atomic E-state index is 5.46. The Morgan fingerprint density at radius 3 is 2.79 bits per heavy atom. The molecule has 1 saturated heterocycles. The molecule has 0 saturated carbocycles. The van der Waals surface area contributed by atoms with Gasteiger partial charge in [-0.05, 0) is 44.2 Å². The second kappa shape index (κ2) is 7.82. The molecular weight excluding hydrogens is 264 g/mol. The van der Waals surface area contributed by atoms with Crippen LogP contribution in [0, 0.1) is 11.8 Å². The van der Waals surface area contributed by atoms with E-state index < -0.39 is 0 Å². The lowest BCUT2D eigenvalue weighted by atomic mass is 9.89. The molecule has 6 heteroatoms. The number of rotatable bonds is 4. The van der Waals surface area contributed by atoms with E-state index in [0.717, 1.165) is 37.3 Å². The summed E-state index contributed by atoms with van der Waals surface area (Å²) in [4.78, 5) is 6.69. The summed E-state index contributed by atoms with van der Waals surface area (Å²) >= 11 is 0. The van der Waals surface area contributed by atoms with Gasteiger partial charge in [-0.2, -0.15) is 4.98 Å². The molecule has 2 heterocycles. The lowest BCUT2D eigenvalue weighted by molar-refractivity contribution is 0.254. The molecule has 5 nitrogen and oxygen atoms in total. The molecule has 0 aromatic carbocycles. The Bertz CT molecular complexity index is 369. The normalized spacial score (nSPS) is 21.2. The zero-order valence-electron chi connectivity index (χ0n) is 11.8. The van der Waals surface area contributed by atoms with Crippen LogP contribution in [0.4, 0.5) is 0 Å². The largest absolute Gasteiger partial charge is 0.338 e. The Kier molecular flexibility index (Phi) is 6.75. The number of halogens is 1. The van der Waals surface area contributed by atoms with Gasteiger partial charge >= 0.3 is 0 Å². The molecule has 1 fully saturated rings. The van der Waals surface area contributed by atoms with Crippen LogP contribution >= 0.6 is 12.4 Å². The summed E-state index contributed by atoms with van der Waals surface area (Å²) in [6.45, 7) is 8.03. The third-order valence-corrected chi connectivity index (χ3v) is 3.86. The molecule has 0 bridgehead atoms. The lowest BCUT2D eigenvalue weighted by Crippen LogP contribution is -2.25. The maximum atomic E-state index is 5.46. The van der Waals surface area contributed by atoms with Gasteiger partial charge < -0.3 is 10.3 Å². The molecule has 1 aromatic rings. The highest BCUT2D eigenvalue weighted by Gasteiger charge is 2.20. The van der Waals surface area contributed by atoms with E-state index in [0.29, 0.717) is 12.4 Å². The Labute approximate surface area is 121 Å². The van der Waals surface area contributed by atoms with Crippen LogP contribution in [0.15, 0.2) is 4.52 Å². The minimum absolute atomic E-state index is 0. The summed E-state index contributed by atoms with van der Waals surface area (Å²) in [7, 11) is 0. The monoisotopic (exact) mass is 288 g/mol. The molecule has 0 radical (unpaired) electrons. The predicted octanol–water partition coefficient (Wildman–Crippen LogP) is 2.21. The third-order valence-electron chi connectivity index (χ3n) is 3.86. The molecule has 19 heavy (non-hydrogen) atoms. The fraction of sp³-hybridized carbons (Fsp3) is 0.846. The standard InChI is InChI=1S/C13H24N4O.ClH/c1-10(2)11-4-3-6-17(7-5-11)9-12-15-13(8-14)18-16-12;/h10-11H,3-9,14H2,1-2H3;1H. The molecule has 0 amide bonds. The van der Waals surface area contributed by atoms with E-state index in [4.69, 9.17) is 10.3 Å². The Morgan fingerprint density at radius 2 is 2.16 bits per heavy atom. The van der Waals surface area contributed by atoms with Gasteiger partial charge in [-0.25, -0.2) is 0 Å². The van der Waals surface area contributed by atoms with Crippen LogP contribution in [0.1, 0.15) is 44.8 Å². The molecule has 1 aromatic heterocycles. The van der Waals surface area contributed by atoms with Gasteiger partial charge in [0.2, 0.25) is 5.89 Å². The quantitative estimate of drug-likeness (QED) is 0.920. The van der Waals surface area contributed by atoms with Gasteiger partial charge in [0, 0.05) is 0 Å². The van der Waals surface area contributed by atoms with Crippen molar-refractivity contribution in [3.63, 3.8) is 0 Å². The second-order valence-corrected chi connectivity index (χ2v) is 5.52. The van der Waals surface area contributed by atoms with Crippen LogP contribution in [0.5, 0.6) is 0 Å². The lowest BCUT2D eigenvalue weighted by Gasteiger charge is -2.19. The van der Waals surface area contributed by atoms with E-state index in [-0.39, 0.29) is 12.4 Å². The summed E-state index contributed by atoms with van der Waals surface area (Å²) in [6.07, 6.45) is 3.89. The first kappa shape index (κ1) is 16.4. The van der Waals surface area contributed by atoms with E-state index in [9.17, 15) is 0 Å². The minimum Gasteiger partial charge on any atom is -0.338 e. The highest BCUT2D eigenvalue weighted by atomic mass is 35.5. The molecule has 0 aliphatic carbocycles. The smallest absolute Gasteiger partial charge is 0.240 e. The van der Waals surface area contributed by atoms with Crippen LogP contribution in [0.3, 0.4) is 0 Å². The van der Waals surface area contributed by atoms with Gasteiger partial charge in [0.15, 0.2) is 5.82 Å². The van der Waals surface area contributed by atoms with Crippen LogP contribution in [-0.2, 0) is 13.1 Å². The molecule has 2 rings (SSSR count). The number of aromatic nitrogens is 2. The highest BCUT2D eigenvalue weighted by Crippen LogP contribution is 2.24. The number of hydrogen-bond acceptors (Lipinski definition) is 5. The number of nitrogens with zero attached hydrogens (tertiary/aromatic N) is 3. The SMILES string of the molecule is CC(C)C1CCCN(Cc2noc(CN)n2)CC1.Cl. The highest BCUT2D eigenvalue weighted by molar-refractivity contribution is 5.85. The van der Waals surface area contributed by atoms with Crippen molar-refractivity contribution in [2.75, 3.05) is 13.1 Å². The van der Waals surface area contributed by atoms with Crippen molar-refractivity contribution >= 4 is 12.4 Å². The van der Waals surface area contributed by atoms with E-state index in [1.54, 1.807) is 0 Å². The number of likely N-dealkylation sites (tertiary alicyclic amines) is 1. The van der Waals surface area contributed by atoms with Gasteiger partial charge in [-0.15, -0.1) is 12.4 Å². The molecule has 0 spiro atoms. The Morgan fingerprint density at radius 1 is 1.37 bits per heavy atom. The summed E-state index contributed by atoms with van der Waals surface area (Å²) in [5, 5.41) is 3.96. The summed E-state index contributed by atoms with van der Waals surface area (Å²) < 4.78 is 5.03. The van der Waals surface area contributed by atoms with Gasteiger partial charge in [-0.3, -0.25) is 4.90 Å². The molecule has 110 valence electrons. The van der Waals surface area contributed by atoms with Crippen molar-refractivity contribution in [1.29, 1.82) is 0 Å². The number of hydrogen-bond donors (Lipinski definition) is 1. The molecule has 1 aliphatic rings. The average molecular weight is 289 g/mol. The zero-order valence-corrected chi connectivity index (χ0v) is 12.7. The van der Waals surface area contributed by atoms with E-state index >= 15 is 0 Å². The maximum Gasteiger partial charge on any atom is 0.240 e. The van der Waals surface area contributed by atoms with Gasteiger partial charge in [0.1, 0.15) is 0 Å². The fourth-order valence-electron chi connectivity index (χ4n) is 2.64. The van der Waals surface area contributed by atoms with E-state index in [1.807, 2.05) is 0 Å². The minimum atomic E-state index is 0. The van der Waals surface area contributed by atoms with Crippen molar-refractivity contribution < 1.29 is 4.52 Å². The Balaban J connectivity index is 0.00000180. The van der Waals surface area contributed by atoms with Crippen LogP contribution in [0.25, 0.3) is 0 Å². The fourth-order valence-corrected chi connectivity index (χ4v) is 2.64. The Hall–Kier alpha value is -0.650. The molecule has 1 atom stereocenters. The van der Waals surface area contributed by atoms with Crippen molar-refractivity contribution in [3.8, 4) is 0 Å². The third kappa shape index (κ3) is 4.75. The predicted molar refractivity (Wildman–Crippen MR) is 76.9 cm³/mol. The summed E-state index contributed by atoms with van der Waals surface area (Å²) in [5.41, 5.74) is 5.46.